The van der Waals surface area contributed by atoms with Gasteiger partial charge < -0.3 is 15.4 Å². The SMILES string of the molecule is Nc1cc(Cl)ccc1C(=O)OCC(=O)N1CCN(Cc2ccccc2F)CC1. The maximum absolute atomic E-state index is 13.8. The number of hydrogen-bond acceptors (Lipinski definition) is 5. The molecule has 0 bridgehead atoms. The fourth-order valence-corrected chi connectivity index (χ4v) is 3.22. The number of anilines is 1. The number of nitrogens with zero attached hydrogens (tertiary/aromatic N) is 2. The van der Waals surface area contributed by atoms with E-state index in [2.05, 4.69) is 4.90 Å². The highest BCUT2D eigenvalue weighted by atomic mass is 35.5. The highest BCUT2D eigenvalue weighted by Gasteiger charge is 2.23. The lowest BCUT2D eigenvalue weighted by Crippen LogP contribution is -2.49. The first kappa shape index (κ1) is 20.1. The maximum atomic E-state index is 13.8. The number of carbonyl (C=O) groups excluding carboxylic acids is 2. The Hall–Kier alpha value is -2.64. The molecule has 2 N–H and O–H groups in total. The van der Waals surface area contributed by atoms with Crippen molar-refractivity contribution in [3.8, 4) is 0 Å². The number of benzene rings is 2. The lowest BCUT2D eigenvalue weighted by Gasteiger charge is -2.34. The van der Waals surface area contributed by atoms with Gasteiger partial charge in [-0.05, 0) is 24.3 Å². The van der Waals surface area contributed by atoms with Crippen LogP contribution in [0.15, 0.2) is 42.5 Å². The number of amides is 1. The van der Waals surface area contributed by atoms with Crippen LogP contribution < -0.4 is 5.73 Å². The molecule has 8 heteroatoms. The second kappa shape index (κ2) is 9.03. The van der Waals surface area contributed by atoms with Crippen molar-refractivity contribution in [2.75, 3.05) is 38.5 Å². The Labute approximate surface area is 167 Å². The summed E-state index contributed by atoms with van der Waals surface area (Å²) in [4.78, 5) is 28.1. The molecule has 0 spiro atoms. The summed E-state index contributed by atoms with van der Waals surface area (Å²) in [6.07, 6.45) is 0. The second-order valence-electron chi connectivity index (χ2n) is 6.56. The fraction of sp³-hybridized carbons (Fsp3) is 0.300. The number of nitrogens with two attached hydrogens (primary N) is 1. The molecule has 0 saturated carbocycles. The van der Waals surface area contributed by atoms with Gasteiger partial charge in [0, 0.05) is 49.0 Å². The molecule has 0 aromatic heterocycles. The highest BCUT2D eigenvalue weighted by molar-refractivity contribution is 6.31. The fourth-order valence-electron chi connectivity index (χ4n) is 3.04. The highest BCUT2D eigenvalue weighted by Crippen LogP contribution is 2.19. The number of carbonyl (C=O) groups is 2. The van der Waals surface area contributed by atoms with Crippen molar-refractivity contribution in [3.63, 3.8) is 0 Å². The summed E-state index contributed by atoms with van der Waals surface area (Å²) < 4.78 is 18.8. The minimum absolute atomic E-state index is 0.173. The van der Waals surface area contributed by atoms with E-state index in [1.54, 1.807) is 23.1 Å². The molecule has 1 heterocycles. The van der Waals surface area contributed by atoms with Crippen LogP contribution in [0.2, 0.25) is 5.02 Å². The minimum atomic E-state index is -0.666. The van der Waals surface area contributed by atoms with E-state index >= 15 is 0 Å². The summed E-state index contributed by atoms with van der Waals surface area (Å²) >= 11 is 5.80. The predicted molar refractivity (Wildman–Crippen MR) is 104 cm³/mol. The summed E-state index contributed by atoms with van der Waals surface area (Å²) in [5, 5.41) is 0.415. The van der Waals surface area contributed by atoms with Crippen molar-refractivity contribution in [2.45, 2.75) is 6.54 Å². The number of rotatable bonds is 5. The quantitative estimate of drug-likeness (QED) is 0.611. The van der Waals surface area contributed by atoms with Crippen molar-refractivity contribution in [1.82, 2.24) is 9.80 Å². The van der Waals surface area contributed by atoms with E-state index in [1.165, 1.54) is 24.3 Å². The van der Waals surface area contributed by atoms with Gasteiger partial charge in [0.15, 0.2) is 6.61 Å². The smallest absolute Gasteiger partial charge is 0.340 e. The molecule has 3 rings (SSSR count). The summed E-state index contributed by atoms with van der Waals surface area (Å²) in [6, 6.07) is 11.1. The molecule has 6 nitrogen and oxygen atoms in total. The Kier molecular flexibility index (Phi) is 6.49. The number of halogens is 2. The Balaban J connectivity index is 1.46. The Morgan fingerprint density at radius 1 is 1.11 bits per heavy atom. The molecule has 28 heavy (non-hydrogen) atoms. The number of esters is 1. The third kappa shape index (κ3) is 4.99. The molecule has 2 aromatic carbocycles. The molecule has 0 unspecified atom stereocenters. The van der Waals surface area contributed by atoms with Crippen molar-refractivity contribution < 1.29 is 18.7 Å². The van der Waals surface area contributed by atoms with Crippen LogP contribution in [0.5, 0.6) is 0 Å². The molecule has 1 fully saturated rings. The summed E-state index contributed by atoms with van der Waals surface area (Å²) in [6.45, 7) is 2.38. The van der Waals surface area contributed by atoms with Crippen LogP contribution in [0.25, 0.3) is 0 Å². The van der Waals surface area contributed by atoms with Gasteiger partial charge in [0.1, 0.15) is 5.82 Å². The molecule has 0 radical (unpaired) electrons. The van der Waals surface area contributed by atoms with Gasteiger partial charge in [-0.1, -0.05) is 29.8 Å². The van der Waals surface area contributed by atoms with Gasteiger partial charge in [0.2, 0.25) is 0 Å². The molecule has 1 aliphatic rings. The van der Waals surface area contributed by atoms with Gasteiger partial charge in [-0.3, -0.25) is 9.69 Å². The van der Waals surface area contributed by atoms with Gasteiger partial charge in [-0.25, -0.2) is 9.18 Å². The van der Waals surface area contributed by atoms with Crippen molar-refractivity contribution >= 4 is 29.2 Å². The Morgan fingerprint density at radius 3 is 2.50 bits per heavy atom. The molecule has 2 aromatic rings. The predicted octanol–water partition coefficient (Wildman–Crippen LogP) is 2.56. The van der Waals surface area contributed by atoms with E-state index in [4.69, 9.17) is 22.1 Å². The standard InChI is InChI=1S/C20H21ClFN3O3/c21-15-5-6-16(18(23)11-15)20(27)28-13-19(26)25-9-7-24(8-10-25)12-14-3-1-2-4-17(14)22/h1-6,11H,7-10,12-13,23H2. The van der Waals surface area contributed by atoms with E-state index in [9.17, 15) is 14.0 Å². The number of piperazine rings is 1. The van der Waals surface area contributed by atoms with Crippen LogP contribution in [0, 0.1) is 5.82 Å². The van der Waals surface area contributed by atoms with Crippen LogP contribution in [-0.4, -0.2) is 54.5 Å². The molecule has 1 saturated heterocycles. The first-order chi connectivity index (χ1) is 13.4. The summed E-state index contributed by atoms with van der Waals surface area (Å²) in [5.74, 6) is -1.17. The van der Waals surface area contributed by atoms with Crippen molar-refractivity contribution in [3.05, 3.63) is 64.4 Å². The minimum Gasteiger partial charge on any atom is -0.452 e. The summed E-state index contributed by atoms with van der Waals surface area (Å²) in [5.41, 5.74) is 6.76. The molecule has 0 aliphatic carbocycles. The Bertz CT molecular complexity index is 870. The van der Waals surface area contributed by atoms with Gasteiger partial charge in [-0.15, -0.1) is 0 Å². The van der Waals surface area contributed by atoms with E-state index in [-0.39, 0.29) is 29.6 Å². The van der Waals surface area contributed by atoms with Crippen LogP contribution in [0.3, 0.4) is 0 Å². The van der Waals surface area contributed by atoms with Crippen LogP contribution in [0.1, 0.15) is 15.9 Å². The average molecular weight is 406 g/mol. The van der Waals surface area contributed by atoms with Gasteiger partial charge >= 0.3 is 5.97 Å². The molecular weight excluding hydrogens is 385 g/mol. The van der Waals surface area contributed by atoms with Crippen LogP contribution in [-0.2, 0) is 16.1 Å². The van der Waals surface area contributed by atoms with E-state index in [1.807, 2.05) is 0 Å². The van der Waals surface area contributed by atoms with Crippen molar-refractivity contribution in [1.29, 1.82) is 0 Å². The topological polar surface area (TPSA) is 75.9 Å². The van der Waals surface area contributed by atoms with E-state index < -0.39 is 5.97 Å². The first-order valence-electron chi connectivity index (χ1n) is 8.89. The zero-order valence-corrected chi connectivity index (χ0v) is 16.0. The molecular formula is C20H21ClFN3O3. The van der Waals surface area contributed by atoms with Crippen molar-refractivity contribution in [2.24, 2.45) is 0 Å². The summed E-state index contributed by atoms with van der Waals surface area (Å²) in [7, 11) is 0. The monoisotopic (exact) mass is 405 g/mol. The average Bonchev–Trinajstić information content (AvgIpc) is 2.68. The van der Waals surface area contributed by atoms with Gasteiger partial charge in [0.25, 0.3) is 5.91 Å². The lowest BCUT2D eigenvalue weighted by molar-refractivity contribution is -0.136. The molecule has 0 atom stereocenters. The zero-order valence-electron chi connectivity index (χ0n) is 15.2. The second-order valence-corrected chi connectivity index (χ2v) is 6.99. The Morgan fingerprint density at radius 2 is 1.82 bits per heavy atom. The van der Waals surface area contributed by atoms with Crippen LogP contribution >= 0.6 is 11.6 Å². The largest absolute Gasteiger partial charge is 0.452 e. The number of ether oxygens (including phenoxy) is 1. The van der Waals surface area contributed by atoms with Gasteiger partial charge in [0.05, 0.1) is 5.56 Å². The van der Waals surface area contributed by atoms with Gasteiger partial charge in [-0.2, -0.15) is 0 Å². The third-order valence-corrected chi connectivity index (χ3v) is 4.87. The third-order valence-electron chi connectivity index (χ3n) is 4.64. The lowest BCUT2D eigenvalue weighted by atomic mass is 10.2. The number of hydrogen-bond donors (Lipinski definition) is 1. The van der Waals surface area contributed by atoms with E-state index in [0.29, 0.717) is 43.3 Å². The first-order valence-corrected chi connectivity index (χ1v) is 9.27. The zero-order chi connectivity index (χ0) is 20.1. The number of nitrogen functional groups attached to an aromatic ring is 1. The normalized spacial score (nSPS) is 14.7. The van der Waals surface area contributed by atoms with Crippen LogP contribution in [0.4, 0.5) is 10.1 Å². The van der Waals surface area contributed by atoms with E-state index in [0.717, 1.165) is 0 Å². The maximum Gasteiger partial charge on any atom is 0.340 e. The molecule has 148 valence electrons. The molecule has 1 amide bonds. The molecule has 1 aliphatic heterocycles.